The van der Waals surface area contributed by atoms with Crippen LogP contribution in [-0.2, 0) is 4.79 Å². The van der Waals surface area contributed by atoms with Gasteiger partial charge < -0.3 is 14.2 Å². The maximum atomic E-state index is 13.9. The van der Waals surface area contributed by atoms with E-state index in [2.05, 4.69) is 0 Å². The highest BCUT2D eigenvalue weighted by Crippen LogP contribution is 2.30. The zero-order valence-electron chi connectivity index (χ0n) is 13.3. The largest absolute Gasteiger partial charge is 0.465 e. The summed E-state index contributed by atoms with van der Waals surface area (Å²) in [4.78, 5) is 14.5. The van der Waals surface area contributed by atoms with E-state index in [9.17, 15) is 26.7 Å². The van der Waals surface area contributed by atoms with Crippen LogP contribution in [0.4, 0.5) is 27.6 Å². The van der Waals surface area contributed by atoms with Crippen LogP contribution >= 0.6 is 0 Å². The summed E-state index contributed by atoms with van der Waals surface area (Å²) in [5.41, 5.74) is -0.973. The van der Waals surface area contributed by atoms with E-state index < -0.39 is 34.8 Å². The molecule has 3 rings (SSSR count). The lowest BCUT2D eigenvalue weighted by Crippen LogP contribution is -2.49. The van der Waals surface area contributed by atoms with Gasteiger partial charge in [-0.2, -0.15) is 0 Å². The van der Waals surface area contributed by atoms with Crippen molar-refractivity contribution in [1.29, 1.82) is 0 Å². The predicted octanol–water partition coefficient (Wildman–Crippen LogP) is 3.34. The number of rotatable bonds is 3. The Morgan fingerprint density at radius 2 is 1.50 bits per heavy atom. The minimum absolute atomic E-state index is 0.0703. The van der Waals surface area contributed by atoms with Gasteiger partial charge in [0, 0.05) is 32.3 Å². The van der Waals surface area contributed by atoms with Gasteiger partial charge in [-0.25, -0.2) is 22.0 Å². The van der Waals surface area contributed by atoms with E-state index in [4.69, 9.17) is 4.42 Å². The van der Waals surface area contributed by atoms with Crippen molar-refractivity contribution in [2.24, 2.45) is 0 Å². The zero-order valence-corrected chi connectivity index (χ0v) is 13.3. The van der Waals surface area contributed by atoms with Gasteiger partial charge in [-0.05, 0) is 18.2 Å². The summed E-state index contributed by atoms with van der Waals surface area (Å²) >= 11 is 0. The van der Waals surface area contributed by atoms with E-state index in [0.29, 0.717) is 5.76 Å². The Hall–Kier alpha value is -2.84. The van der Waals surface area contributed by atoms with Crippen molar-refractivity contribution < 1.29 is 31.2 Å². The highest BCUT2D eigenvalue weighted by Gasteiger charge is 2.31. The predicted molar refractivity (Wildman–Crippen MR) is 82.8 cm³/mol. The summed E-state index contributed by atoms with van der Waals surface area (Å²) in [6, 6.07) is 3.32. The smallest absolute Gasteiger partial charge is 0.246 e. The summed E-state index contributed by atoms with van der Waals surface area (Å²) in [6.07, 6.45) is 4.21. The van der Waals surface area contributed by atoms with Crippen LogP contribution in [0.15, 0.2) is 28.9 Å². The first-order valence-electron chi connectivity index (χ1n) is 7.67. The number of hydrogen-bond acceptors (Lipinski definition) is 3. The number of furan rings is 1. The molecule has 9 heteroatoms. The molecule has 0 spiro atoms. The molecule has 0 unspecified atom stereocenters. The number of carbonyl (C=O) groups excluding carboxylic acids is 1. The molecule has 1 fully saturated rings. The first kappa shape index (κ1) is 18.0. The summed E-state index contributed by atoms with van der Waals surface area (Å²) in [5, 5.41) is 0. The van der Waals surface area contributed by atoms with Crippen LogP contribution in [0.3, 0.4) is 0 Å². The lowest BCUT2D eigenvalue weighted by molar-refractivity contribution is -0.126. The Morgan fingerprint density at radius 3 is 2.04 bits per heavy atom. The Bertz CT molecular complexity index is 814. The molecule has 2 aromatic rings. The van der Waals surface area contributed by atoms with Gasteiger partial charge in [0.2, 0.25) is 11.7 Å². The van der Waals surface area contributed by atoms with Gasteiger partial charge in [0.25, 0.3) is 0 Å². The molecule has 1 aliphatic heterocycles. The van der Waals surface area contributed by atoms with Crippen molar-refractivity contribution in [3.63, 3.8) is 0 Å². The maximum absolute atomic E-state index is 13.9. The van der Waals surface area contributed by atoms with Crippen LogP contribution in [0.5, 0.6) is 0 Å². The van der Waals surface area contributed by atoms with Gasteiger partial charge in [-0.15, -0.1) is 0 Å². The molecule has 1 amide bonds. The Kier molecular flexibility index (Phi) is 4.97. The number of carbonyl (C=O) groups is 1. The molecule has 0 saturated carbocycles. The molecule has 0 radical (unpaired) electrons. The van der Waals surface area contributed by atoms with E-state index in [-0.39, 0.29) is 32.1 Å². The van der Waals surface area contributed by atoms with Crippen molar-refractivity contribution >= 4 is 17.7 Å². The van der Waals surface area contributed by atoms with Gasteiger partial charge in [-0.1, -0.05) is 0 Å². The minimum Gasteiger partial charge on any atom is -0.465 e. The number of nitrogens with zero attached hydrogens (tertiary/aromatic N) is 2. The number of hydrogen-bond donors (Lipinski definition) is 0. The third kappa shape index (κ3) is 3.29. The molecule has 4 nitrogen and oxygen atoms in total. The first-order chi connectivity index (χ1) is 12.4. The molecule has 1 aliphatic rings. The fraction of sp³-hybridized carbons (Fsp3) is 0.235. The standard InChI is InChI=1S/C17H13F5N2O2/c18-12-13(19)15(21)17(16(22)14(12)20)24-7-5-23(6-8-24)11(25)4-3-10-2-1-9-26-10/h1-4,9H,5-8H2/b4-3+. The SMILES string of the molecule is O=C(/C=C/c1ccco1)N1CCN(c2c(F)c(F)c(F)c(F)c2F)CC1. The Labute approximate surface area is 145 Å². The molecule has 0 bridgehead atoms. The quantitative estimate of drug-likeness (QED) is 0.359. The molecule has 26 heavy (non-hydrogen) atoms. The molecular formula is C17H13F5N2O2. The summed E-state index contributed by atoms with van der Waals surface area (Å²) < 4.78 is 72.5. The monoisotopic (exact) mass is 372 g/mol. The lowest BCUT2D eigenvalue weighted by atomic mass is 10.2. The van der Waals surface area contributed by atoms with Crippen LogP contribution in [0, 0.1) is 29.1 Å². The number of piperazine rings is 1. The van der Waals surface area contributed by atoms with Gasteiger partial charge in [0.05, 0.1) is 6.26 Å². The van der Waals surface area contributed by atoms with Gasteiger partial charge in [-0.3, -0.25) is 4.79 Å². The first-order valence-corrected chi connectivity index (χ1v) is 7.67. The average Bonchev–Trinajstić information content (AvgIpc) is 3.17. The fourth-order valence-electron chi connectivity index (χ4n) is 2.67. The second-order valence-electron chi connectivity index (χ2n) is 5.58. The Balaban J connectivity index is 1.70. The molecule has 138 valence electrons. The van der Waals surface area contributed by atoms with Gasteiger partial charge >= 0.3 is 0 Å². The number of benzene rings is 1. The third-order valence-electron chi connectivity index (χ3n) is 4.03. The topological polar surface area (TPSA) is 36.7 Å². The van der Waals surface area contributed by atoms with E-state index >= 15 is 0 Å². The van der Waals surface area contributed by atoms with Gasteiger partial charge in [0.15, 0.2) is 23.3 Å². The lowest BCUT2D eigenvalue weighted by Gasteiger charge is -2.36. The van der Waals surface area contributed by atoms with E-state index in [1.807, 2.05) is 0 Å². The normalized spacial score (nSPS) is 15.1. The van der Waals surface area contributed by atoms with Crippen LogP contribution in [0.25, 0.3) is 6.08 Å². The molecule has 2 heterocycles. The van der Waals surface area contributed by atoms with Crippen molar-refractivity contribution in [3.8, 4) is 0 Å². The van der Waals surface area contributed by atoms with Crippen LogP contribution in [0.1, 0.15) is 5.76 Å². The van der Waals surface area contributed by atoms with Crippen molar-refractivity contribution in [1.82, 2.24) is 4.90 Å². The highest BCUT2D eigenvalue weighted by molar-refractivity contribution is 5.91. The van der Waals surface area contributed by atoms with E-state index in [0.717, 1.165) is 4.90 Å². The molecular weight excluding hydrogens is 359 g/mol. The molecule has 1 aromatic carbocycles. The van der Waals surface area contributed by atoms with Crippen LogP contribution in [0.2, 0.25) is 0 Å². The van der Waals surface area contributed by atoms with Crippen LogP contribution in [-0.4, -0.2) is 37.0 Å². The molecule has 0 atom stereocenters. The zero-order chi connectivity index (χ0) is 18.8. The van der Waals surface area contributed by atoms with Gasteiger partial charge in [0.1, 0.15) is 11.4 Å². The molecule has 0 N–H and O–H groups in total. The van der Waals surface area contributed by atoms with Crippen molar-refractivity contribution in [2.45, 2.75) is 0 Å². The molecule has 1 saturated heterocycles. The second kappa shape index (κ2) is 7.19. The molecule has 0 aliphatic carbocycles. The highest BCUT2D eigenvalue weighted by atomic mass is 19.2. The third-order valence-corrected chi connectivity index (χ3v) is 4.03. The van der Waals surface area contributed by atoms with E-state index in [1.165, 1.54) is 23.3 Å². The Morgan fingerprint density at radius 1 is 0.923 bits per heavy atom. The summed E-state index contributed by atoms with van der Waals surface area (Å²) in [7, 11) is 0. The maximum Gasteiger partial charge on any atom is 0.246 e. The number of anilines is 1. The van der Waals surface area contributed by atoms with Crippen LogP contribution < -0.4 is 4.90 Å². The van der Waals surface area contributed by atoms with Crippen molar-refractivity contribution in [3.05, 3.63) is 59.3 Å². The van der Waals surface area contributed by atoms with Crippen molar-refractivity contribution in [2.75, 3.05) is 31.1 Å². The minimum atomic E-state index is -2.19. The molecule has 1 aromatic heterocycles. The second-order valence-corrected chi connectivity index (χ2v) is 5.58. The average molecular weight is 372 g/mol. The summed E-state index contributed by atoms with van der Waals surface area (Å²) in [6.45, 7) is -0.000978. The van der Waals surface area contributed by atoms with E-state index in [1.54, 1.807) is 12.1 Å². The fourth-order valence-corrected chi connectivity index (χ4v) is 2.67. The number of halogens is 5. The number of amides is 1. The summed E-state index contributed by atoms with van der Waals surface area (Å²) in [5.74, 6) is -9.78.